The summed E-state index contributed by atoms with van der Waals surface area (Å²) in [6.07, 6.45) is 1.90. The van der Waals surface area contributed by atoms with Crippen molar-refractivity contribution in [2.24, 2.45) is 5.41 Å². The van der Waals surface area contributed by atoms with E-state index in [0.717, 1.165) is 18.5 Å². The van der Waals surface area contributed by atoms with Gasteiger partial charge in [0.15, 0.2) is 0 Å². The van der Waals surface area contributed by atoms with Crippen LogP contribution in [0.3, 0.4) is 0 Å². The minimum atomic E-state index is -0.352. The van der Waals surface area contributed by atoms with Crippen LogP contribution in [0.25, 0.3) is 0 Å². The minimum absolute atomic E-state index is 0.193. The van der Waals surface area contributed by atoms with Gasteiger partial charge in [0.1, 0.15) is 0 Å². The maximum Gasteiger partial charge on any atom is 0.337 e. The first-order valence-electron chi connectivity index (χ1n) is 5.53. The van der Waals surface area contributed by atoms with Crippen LogP contribution in [0.2, 0.25) is 0 Å². The normalized spacial score (nSPS) is 15.8. The Morgan fingerprint density at radius 3 is 2.94 bits per heavy atom. The van der Waals surface area contributed by atoms with E-state index < -0.39 is 0 Å². The summed E-state index contributed by atoms with van der Waals surface area (Å²) in [6.45, 7) is 0.633. The molecule has 0 aromatic heterocycles. The highest BCUT2D eigenvalue weighted by molar-refractivity contribution is 5.90. The molecule has 1 saturated carbocycles. The van der Waals surface area contributed by atoms with Gasteiger partial charge in [0, 0.05) is 12.2 Å². The van der Waals surface area contributed by atoms with Crippen LogP contribution in [0.15, 0.2) is 24.3 Å². The molecule has 0 atom stereocenters. The molecule has 0 unspecified atom stereocenters. The van der Waals surface area contributed by atoms with E-state index in [1.165, 1.54) is 7.11 Å². The van der Waals surface area contributed by atoms with E-state index in [9.17, 15) is 4.79 Å². The number of rotatable bonds is 4. The number of benzene rings is 1. The van der Waals surface area contributed by atoms with Crippen LogP contribution in [-0.2, 0) is 4.74 Å². The smallest absolute Gasteiger partial charge is 0.337 e. The van der Waals surface area contributed by atoms with E-state index in [2.05, 4.69) is 16.1 Å². The molecule has 0 saturated heterocycles. The Bertz CT molecular complexity index is 473. The van der Waals surface area contributed by atoms with Crippen molar-refractivity contribution in [1.29, 1.82) is 5.26 Å². The number of methoxy groups -OCH3 is 1. The van der Waals surface area contributed by atoms with Gasteiger partial charge in [0.25, 0.3) is 0 Å². The molecule has 2 rings (SSSR count). The molecule has 4 heteroatoms. The highest BCUT2D eigenvalue weighted by Crippen LogP contribution is 2.44. The molecule has 1 N–H and O–H groups in total. The quantitative estimate of drug-likeness (QED) is 0.805. The molecule has 0 bridgehead atoms. The second kappa shape index (κ2) is 4.46. The topological polar surface area (TPSA) is 62.1 Å². The summed E-state index contributed by atoms with van der Waals surface area (Å²) in [5, 5.41) is 12.1. The molecule has 1 aromatic rings. The molecule has 1 aliphatic carbocycles. The molecule has 1 aromatic carbocycles. The zero-order valence-electron chi connectivity index (χ0n) is 9.69. The van der Waals surface area contributed by atoms with Gasteiger partial charge in [0.2, 0.25) is 0 Å². The van der Waals surface area contributed by atoms with Crippen LogP contribution in [0.4, 0.5) is 5.69 Å². The molecule has 1 aliphatic rings. The standard InChI is InChI=1S/C13H14N2O2/c1-17-12(16)10-3-2-4-11(7-10)15-9-13(8-14)5-6-13/h2-4,7,15H,5-6,9H2,1H3. The number of nitrogens with one attached hydrogen (secondary N) is 1. The number of carbonyl (C=O) groups excluding carboxylic acids is 1. The Balaban J connectivity index is 2.02. The lowest BCUT2D eigenvalue weighted by atomic mass is 10.1. The molecule has 0 aliphatic heterocycles. The van der Waals surface area contributed by atoms with E-state index >= 15 is 0 Å². The number of hydrogen-bond donors (Lipinski definition) is 1. The Kier molecular flexibility index (Phi) is 3.01. The Morgan fingerprint density at radius 1 is 1.59 bits per heavy atom. The highest BCUT2D eigenvalue weighted by atomic mass is 16.5. The number of ether oxygens (including phenoxy) is 1. The summed E-state index contributed by atoms with van der Waals surface area (Å²) in [5.74, 6) is -0.352. The molecule has 17 heavy (non-hydrogen) atoms. The minimum Gasteiger partial charge on any atom is -0.465 e. The van der Waals surface area contributed by atoms with Gasteiger partial charge in [-0.3, -0.25) is 0 Å². The van der Waals surface area contributed by atoms with Gasteiger partial charge < -0.3 is 10.1 Å². The molecular weight excluding hydrogens is 216 g/mol. The monoisotopic (exact) mass is 230 g/mol. The average Bonchev–Trinajstić information content (AvgIpc) is 3.16. The molecule has 0 radical (unpaired) electrons. The number of carbonyl (C=O) groups is 1. The van der Waals surface area contributed by atoms with E-state index in [1.807, 2.05) is 6.07 Å². The number of nitriles is 1. The number of hydrogen-bond acceptors (Lipinski definition) is 4. The number of nitrogens with zero attached hydrogens (tertiary/aromatic N) is 1. The summed E-state index contributed by atoms with van der Waals surface area (Å²) in [4.78, 5) is 11.3. The second-order valence-electron chi connectivity index (χ2n) is 4.32. The third-order valence-electron chi connectivity index (χ3n) is 3.01. The van der Waals surface area contributed by atoms with Crippen molar-refractivity contribution < 1.29 is 9.53 Å². The van der Waals surface area contributed by atoms with Crippen molar-refractivity contribution in [3.05, 3.63) is 29.8 Å². The highest BCUT2D eigenvalue weighted by Gasteiger charge is 2.42. The van der Waals surface area contributed by atoms with Crippen molar-refractivity contribution in [1.82, 2.24) is 0 Å². The lowest BCUT2D eigenvalue weighted by Crippen LogP contribution is -2.13. The van der Waals surface area contributed by atoms with Crippen LogP contribution < -0.4 is 5.32 Å². The van der Waals surface area contributed by atoms with Crippen molar-refractivity contribution in [3.63, 3.8) is 0 Å². The first kappa shape index (κ1) is 11.5. The first-order valence-corrected chi connectivity index (χ1v) is 5.53. The largest absolute Gasteiger partial charge is 0.465 e. The van der Waals surface area contributed by atoms with Crippen LogP contribution in [0, 0.1) is 16.7 Å². The summed E-state index contributed by atoms with van der Waals surface area (Å²) in [5.41, 5.74) is 1.16. The maximum absolute atomic E-state index is 11.3. The second-order valence-corrected chi connectivity index (χ2v) is 4.32. The van der Waals surface area contributed by atoms with E-state index in [-0.39, 0.29) is 11.4 Å². The lowest BCUT2D eigenvalue weighted by molar-refractivity contribution is 0.0601. The predicted molar refractivity (Wildman–Crippen MR) is 63.6 cm³/mol. The van der Waals surface area contributed by atoms with Crippen molar-refractivity contribution in [2.45, 2.75) is 12.8 Å². The Morgan fingerprint density at radius 2 is 2.35 bits per heavy atom. The molecule has 4 nitrogen and oxygen atoms in total. The third kappa shape index (κ3) is 2.56. The van der Waals surface area contributed by atoms with Crippen molar-refractivity contribution >= 4 is 11.7 Å². The van der Waals surface area contributed by atoms with Gasteiger partial charge in [0.05, 0.1) is 24.2 Å². The Labute approximate surface area is 100 Å². The molecule has 0 spiro atoms. The SMILES string of the molecule is COC(=O)c1cccc(NCC2(C#N)CC2)c1. The van der Waals surface area contributed by atoms with Crippen molar-refractivity contribution in [2.75, 3.05) is 19.0 Å². The van der Waals surface area contributed by atoms with Gasteiger partial charge in [-0.2, -0.15) is 5.26 Å². The van der Waals surface area contributed by atoms with Gasteiger partial charge in [-0.15, -0.1) is 0 Å². The van der Waals surface area contributed by atoms with Gasteiger partial charge in [-0.05, 0) is 31.0 Å². The Hall–Kier alpha value is -2.02. The summed E-state index contributed by atoms with van der Waals surface area (Å²) in [7, 11) is 1.36. The maximum atomic E-state index is 11.3. The number of esters is 1. The number of anilines is 1. The van der Waals surface area contributed by atoms with Gasteiger partial charge >= 0.3 is 5.97 Å². The fourth-order valence-electron chi connectivity index (χ4n) is 1.62. The average molecular weight is 230 g/mol. The molecule has 88 valence electrons. The first-order chi connectivity index (χ1) is 8.19. The summed E-state index contributed by atoms with van der Waals surface area (Å²) < 4.78 is 4.65. The van der Waals surface area contributed by atoms with Crippen LogP contribution in [-0.4, -0.2) is 19.6 Å². The molecular formula is C13H14N2O2. The van der Waals surface area contributed by atoms with E-state index in [4.69, 9.17) is 5.26 Å². The predicted octanol–water partition coefficient (Wildman–Crippen LogP) is 2.19. The third-order valence-corrected chi connectivity index (χ3v) is 3.01. The molecule has 1 fully saturated rings. The van der Waals surface area contributed by atoms with Crippen LogP contribution in [0.1, 0.15) is 23.2 Å². The molecule has 0 heterocycles. The zero-order chi connectivity index (χ0) is 12.3. The fourth-order valence-corrected chi connectivity index (χ4v) is 1.62. The van der Waals surface area contributed by atoms with Crippen LogP contribution in [0.5, 0.6) is 0 Å². The summed E-state index contributed by atoms with van der Waals surface area (Å²) in [6, 6.07) is 9.42. The lowest BCUT2D eigenvalue weighted by Gasteiger charge is -2.10. The zero-order valence-corrected chi connectivity index (χ0v) is 9.69. The van der Waals surface area contributed by atoms with E-state index in [1.54, 1.807) is 18.2 Å². The molecule has 0 amide bonds. The fraction of sp³-hybridized carbons (Fsp3) is 0.385. The van der Waals surface area contributed by atoms with E-state index in [0.29, 0.717) is 12.1 Å². The van der Waals surface area contributed by atoms with Gasteiger partial charge in [-0.1, -0.05) is 6.07 Å². The van der Waals surface area contributed by atoms with Gasteiger partial charge in [-0.25, -0.2) is 4.79 Å². The summed E-state index contributed by atoms with van der Waals surface area (Å²) >= 11 is 0. The van der Waals surface area contributed by atoms with Crippen molar-refractivity contribution in [3.8, 4) is 6.07 Å². The van der Waals surface area contributed by atoms with Crippen LogP contribution >= 0.6 is 0 Å².